The van der Waals surface area contributed by atoms with Crippen LogP contribution in [0.3, 0.4) is 0 Å². The van der Waals surface area contributed by atoms with Crippen LogP contribution in [0.4, 0.5) is 5.69 Å². The number of aromatic nitrogens is 1. The van der Waals surface area contributed by atoms with Crippen LogP contribution in [0.25, 0.3) is 11.0 Å². The largest absolute Gasteiger partial charge is 0.488 e. The Kier molecular flexibility index (Phi) is 3.31. The Hall–Kier alpha value is -2.82. The molecule has 1 aromatic carbocycles. The number of ether oxygens (including phenoxy) is 1. The first-order chi connectivity index (χ1) is 10.1. The molecular formula is C16H14N2O3. The molecule has 21 heavy (non-hydrogen) atoms. The van der Waals surface area contributed by atoms with E-state index in [2.05, 4.69) is 4.98 Å². The lowest BCUT2D eigenvalue weighted by Gasteiger charge is -2.11. The van der Waals surface area contributed by atoms with E-state index in [0.717, 1.165) is 11.1 Å². The van der Waals surface area contributed by atoms with Crippen LogP contribution in [0.1, 0.15) is 11.1 Å². The van der Waals surface area contributed by atoms with Gasteiger partial charge in [0.15, 0.2) is 0 Å². The molecule has 3 rings (SSSR count). The number of nitrogens with zero attached hydrogens (tertiary/aromatic N) is 1. The lowest BCUT2D eigenvalue weighted by molar-refractivity contribution is 0.304. The third-order valence-corrected chi connectivity index (χ3v) is 3.29. The normalized spacial score (nSPS) is 10.7. The number of pyridine rings is 1. The van der Waals surface area contributed by atoms with Gasteiger partial charge < -0.3 is 14.9 Å². The summed E-state index contributed by atoms with van der Waals surface area (Å²) >= 11 is 0. The molecule has 0 saturated heterocycles. The number of hydrogen-bond acceptors (Lipinski definition) is 5. The van der Waals surface area contributed by atoms with Crippen molar-refractivity contribution in [3.63, 3.8) is 0 Å². The topological polar surface area (TPSA) is 78.4 Å². The predicted octanol–water partition coefficient (Wildman–Crippen LogP) is 2.66. The first-order valence-electron chi connectivity index (χ1n) is 6.50. The molecule has 0 atom stereocenters. The maximum Gasteiger partial charge on any atom is 0.338 e. The summed E-state index contributed by atoms with van der Waals surface area (Å²) in [7, 11) is 0. The van der Waals surface area contributed by atoms with Gasteiger partial charge in [-0.1, -0.05) is 0 Å². The Balaban J connectivity index is 1.97. The van der Waals surface area contributed by atoms with E-state index in [1.807, 2.05) is 25.1 Å². The molecule has 0 radical (unpaired) electrons. The SMILES string of the molecule is Cc1c(OCc2ccncc2)ccc2c(N)cc(=O)oc12. The lowest BCUT2D eigenvalue weighted by atomic mass is 10.1. The molecular weight excluding hydrogens is 268 g/mol. The van der Waals surface area contributed by atoms with Gasteiger partial charge in [-0.15, -0.1) is 0 Å². The van der Waals surface area contributed by atoms with Gasteiger partial charge in [-0.25, -0.2) is 4.79 Å². The van der Waals surface area contributed by atoms with Gasteiger partial charge in [0.05, 0.1) is 0 Å². The Bertz CT molecular complexity index is 841. The van der Waals surface area contributed by atoms with Gasteiger partial charge in [0.25, 0.3) is 0 Å². The van der Waals surface area contributed by atoms with Gasteiger partial charge in [-0.05, 0) is 36.8 Å². The Morgan fingerprint density at radius 3 is 2.76 bits per heavy atom. The number of anilines is 1. The summed E-state index contributed by atoms with van der Waals surface area (Å²) in [6, 6.07) is 8.67. The van der Waals surface area contributed by atoms with Gasteiger partial charge >= 0.3 is 5.63 Å². The Morgan fingerprint density at radius 2 is 2.00 bits per heavy atom. The second-order valence-corrected chi connectivity index (χ2v) is 4.73. The zero-order chi connectivity index (χ0) is 14.8. The maximum atomic E-state index is 11.5. The van der Waals surface area contributed by atoms with Crippen LogP contribution < -0.4 is 16.1 Å². The third-order valence-electron chi connectivity index (χ3n) is 3.29. The van der Waals surface area contributed by atoms with E-state index < -0.39 is 5.63 Å². The minimum atomic E-state index is -0.464. The average molecular weight is 282 g/mol. The van der Waals surface area contributed by atoms with Crippen LogP contribution in [-0.4, -0.2) is 4.98 Å². The summed E-state index contributed by atoms with van der Waals surface area (Å²) in [5.74, 6) is 0.660. The van der Waals surface area contributed by atoms with Crippen molar-refractivity contribution >= 4 is 16.7 Å². The first kappa shape index (κ1) is 13.2. The average Bonchev–Trinajstić information content (AvgIpc) is 2.48. The van der Waals surface area contributed by atoms with Crippen molar-refractivity contribution in [2.45, 2.75) is 13.5 Å². The van der Waals surface area contributed by atoms with E-state index in [0.29, 0.717) is 29.0 Å². The summed E-state index contributed by atoms with van der Waals surface area (Å²) in [6.45, 7) is 2.26. The number of aryl methyl sites for hydroxylation is 1. The summed E-state index contributed by atoms with van der Waals surface area (Å²) in [5.41, 5.74) is 8.01. The first-order valence-corrected chi connectivity index (χ1v) is 6.50. The Morgan fingerprint density at radius 1 is 1.24 bits per heavy atom. The molecule has 106 valence electrons. The monoisotopic (exact) mass is 282 g/mol. The number of hydrogen-bond donors (Lipinski definition) is 1. The van der Waals surface area contributed by atoms with Crippen molar-refractivity contribution in [1.29, 1.82) is 0 Å². The van der Waals surface area contributed by atoms with E-state index in [1.54, 1.807) is 18.5 Å². The van der Waals surface area contributed by atoms with Crippen molar-refractivity contribution in [2.24, 2.45) is 0 Å². The minimum absolute atomic E-state index is 0.407. The number of rotatable bonds is 3. The predicted molar refractivity (Wildman–Crippen MR) is 80.2 cm³/mol. The van der Waals surface area contributed by atoms with Crippen molar-refractivity contribution in [3.8, 4) is 5.75 Å². The van der Waals surface area contributed by atoms with Crippen molar-refractivity contribution in [1.82, 2.24) is 4.98 Å². The van der Waals surface area contributed by atoms with Crippen LogP contribution in [0.2, 0.25) is 0 Å². The third kappa shape index (κ3) is 2.58. The minimum Gasteiger partial charge on any atom is -0.488 e. The van der Waals surface area contributed by atoms with Gasteiger partial charge in [0.1, 0.15) is 17.9 Å². The lowest BCUT2D eigenvalue weighted by Crippen LogP contribution is -2.03. The highest BCUT2D eigenvalue weighted by molar-refractivity contribution is 5.91. The van der Waals surface area contributed by atoms with E-state index in [1.165, 1.54) is 6.07 Å². The number of fused-ring (bicyclic) bond motifs is 1. The Labute approximate surface area is 121 Å². The zero-order valence-electron chi connectivity index (χ0n) is 11.5. The molecule has 2 N–H and O–H groups in total. The van der Waals surface area contributed by atoms with Crippen molar-refractivity contribution in [3.05, 3.63) is 64.3 Å². The fourth-order valence-corrected chi connectivity index (χ4v) is 2.16. The van der Waals surface area contributed by atoms with Crippen LogP contribution >= 0.6 is 0 Å². The summed E-state index contributed by atoms with van der Waals surface area (Å²) in [4.78, 5) is 15.4. The molecule has 0 aliphatic heterocycles. The highest BCUT2D eigenvalue weighted by Crippen LogP contribution is 2.29. The second-order valence-electron chi connectivity index (χ2n) is 4.73. The molecule has 0 saturated carbocycles. The molecule has 2 aromatic heterocycles. The molecule has 0 amide bonds. The molecule has 5 heteroatoms. The van der Waals surface area contributed by atoms with E-state index >= 15 is 0 Å². The zero-order valence-corrected chi connectivity index (χ0v) is 11.5. The summed E-state index contributed by atoms with van der Waals surface area (Å²) < 4.78 is 11.0. The fraction of sp³-hybridized carbons (Fsp3) is 0.125. The van der Waals surface area contributed by atoms with Gasteiger partial charge in [0.2, 0.25) is 0 Å². The van der Waals surface area contributed by atoms with Crippen LogP contribution in [0.5, 0.6) is 5.75 Å². The van der Waals surface area contributed by atoms with Gasteiger partial charge in [-0.3, -0.25) is 4.98 Å². The van der Waals surface area contributed by atoms with Crippen molar-refractivity contribution < 1.29 is 9.15 Å². The molecule has 0 bridgehead atoms. The number of nitrogens with two attached hydrogens (primary N) is 1. The van der Waals surface area contributed by atoms with Gasteiger partial charge in [-0.2, -0.15) is 0 Å². The quantitative estimate of drug-likeness (QED) is 0.747. The summed E-state index contributed by atoms with van der Waals surface area (Å²) in [6.07, 6.45) is 3.43. The van der Waals surface area contributed by atoms with Crippen LogP contribution in [0.15, 0.2) is 51.9 Å². The number of benzene rings is 1. The van der Waals surface area contributed by atoms with E-state index in [9.17, 15) is 4.79 Å². The van der Waals surface area contributed by atoms with Crippen LogP contribution in [-0.2, 0) is 6.61 Å². The molecule has 3 aromatic rings. The highest BCUT2D eigenvalue weighted by atomic mass is 16.5. The summed E-state index contributed by atoms with van der Waals surface area (Å²) in [5, 5.41) is 0.711. The molecule has 0 aliphatic carbocycles. The smallest absolute Gasteiger partial charge is 0.338 e. The van der Waals surface area contributed by atoms with E-state index in [4.69, 9.17) is 14.9 Å². The van der Waals surface area contributed by atoms with Crippen molar-refractivity contribution in [2.75, 3.05) is 5.73 Å². The molecule has 0 fully saturated rings. The van der Waals surface area contributed by atoms with Gasteiger partial charge in [0, 0.05) is 35.1 Å². The highest BCUT2D eigenvalue weighted by Gasteiger charge is 2.10. The molecule has 0 spiro atoms. The second kappa shape index (κ2) is 5.28. The molecule has 2 heterocycles. The van der Waals surface area contributed by atoms with Crippen LogP contribution in [0, 0.1) is 6.92 Å². The fourth-order valence-electron chi connectivity index (χ4n) is 2.16. The van der Waals surface area contributed by atoms with E-state index in [-0.39, 0.29) is 0 Å². The standard InChI is InChI=1S/C16H14N2O3/c1-10-14(20-9-11-4-6-18-7-5-11)3-2-12-13(17)8-15(19)21-16(10)12/h2-8H,9,17H2,1H3. The maximum absolute atomic E-state index is 11.5. The number of nitrogen functional groups attached to an aromatic ring is 1. The molecule has 0 unspecified atom stereocenters. The molecule has 5 nitrogen and oxygen atoms in total. The molecule has 0 aliphatic rings.